The Bertz CT molecular complexity index is 871. The lowest BCUT2D eigenvalue weighted by Gasteiger charge is -2.27. The maximum absolute atomic E-state index is 14.6. The van der Waals surface area contributed by atoms with E-state index in [1.165, 1.54) is 43.4 Å². The minimum Gasteiger partial charge on any atom is -0.316 e. The average Bonchev–Trinajstić information content (AvgIpc) is 2.85. The zero-order chi connectivity index (χ0) is 23.3. The third-order valence-corrected chi connectivity index (χ3v) is 7.96. The molecule has 0 bridgehead atoms. The second-order valence-corrected chi connectivity index (χ2v) is 10.3. The van der Waals surface area contributed by atoms with Gasteiger partial charge >= 0.3 is 6.11 Å². The minimum absolute atomic E-state index is 0.000603. The van der Waals surface area contributed by atoms with Crippen LogP contribution >= 0.6 is 0 Å². The minimum atomic E-state index is -3.27. The Morgan fingerprint density at radius 3 is 1.88 bits per heavy atom. The van der Waals surface area contributed by atoms with E-state index in [0.29, 0.717) is 24.2 Å². The number of allylic oxidation sites excluding steroid dienone is 1. The standard InChI is InChI=1S/C30H38F2O/c1-3-23-6-12-26(13-7-23)28-16-18-29(19-17-28)30(31,32)33-21-20-24-8-14-27(15-9-24)25-10-4-22(2)5-11-25/h3,8-9,14-19,22-23,25-26H,1,4-7,10-13,20-21H2,2H3. The molecule has 0 spiro atoms. The van der Waals surface area contributed by atoms with Gasteiger partial charge in [0.05, 0.1) is 12.2 Å². The van der Waals surface area contributed by atoms with Crippen molar-refractivity contribution < 1.29 is 13.5 Å². The van der Waals surface area contributed by atoms with Gasteiger partial charge in [0.2, 0.25) is 0 Å². The number of alkyl halides is 2. The van der Waals surface area contributed by atoms with Crippen molar-refractivity contribution in [1.29, 1.82) is 0 Å². The number of ether oxygens (including phenoxy) is 1. The summed E-state index contributed by atoms with van der Waals surface area (Å²) in [6, 6.07) is 15.3. The van der Waals surface area contributed by atoms with E-state index in [2.05, 4.69) is 37.8 Å². The van der Waals surface area contributed by atoms with Crippen LogP contribution < -0.4 is 0 Å². The van der Waals surface area contributed by atoms with E-state index in [-0.39, 0.29) is 12.2 Å². The predicted octanol–water partition coefficient (Wildman–Crippen LogP) is 8.75. The number of rotatable bonds is 8. The maximum Gasteiger partial charge on any atom is 0.383 e. The van der Waals surface area contributed by atoms with Crippen molar-refractivity contribution >= 4 is 0 Å². The van der Waals surface area contributed by atoms with E-state index in [0.717, 1.165) is 42.7 Å². The van der Waals surface area contributed by atoms with Gasteiger partial charge in [0.1, 0.15) is 0 Å². The van der Waals surface area contributed by atoms with Gasteiger partial charge in [0.15, 0.2) is 0 Å². The summed E-state index contributed by atoms with van der Waals surface area (Å²) in [7, 11) is 0. The monoisotopic (exact) mass is 452 g/mol. The molecule has 2 aliphatic carbocycles. The van der Waals surface area contributed by atoms with Crippen LogP contribution in [0.15, 0.2) is 61.2 Å². The molecule has 0 saturated heterocycles. The Morgan fingerprint density at radius 2 is 1.33 bits per heavy atom. The van der Waals surface area contributed by atoms with E-state index >= 15 is 0 Å². The van der Waals surface area contributed by atoms with Gasteiger partial charge in [-0.15, -0.1) is 6.58 Å². The molecule has 0 radical (unpaired) electrons. The molecular weight excluding hydrogens is 414 g/mol. The quantitative estimate of drug-likeness (QED) is 0.364. The highest BCUT2D eigenvalue weighted by Gasteiger charge is 2.33. The first kappa shape index (κ1) is 24.1. The molecule has 33 heavy (non-hydrogen) atoms. The number of hydrogen-bond donors (Lipinski definition) is 0. The fourth-order valence-electron chi connectivity index (χ4n) is 5.57. The lowest BCUT2D eigenvalue weighted by Crippen LogP contribution is -2.20. The first-order valence-corrected chi connectivity index (χ1v) is 12.8. The second-order valence-electron chi connectivity index (χ2n) is 10.3. The van der Waals surface area contributed by atoms with Crippen molar-refractivity contribution in [2.45, 2.75) is 82.7 Å². The summed E-state index contributed by atoms with van der Waals surface area (Å²) in [5, 5.41) is 0. The van der Waals surface area contributed by atoms with Crippen molar-refractivity contribution in [3.05, 3.63) is 83.4 Å². The summed E-state index contributed by atoms with van der Waals surface area (Å²) in [6.45, 7) is 6.23. The van der Waals surface area contributed by atoms with E-state index in [1.54, 1.807) is 0 Å². The predicted molar refractivity (Wildman–Crippen MR) is 132 cm³/mol. The highest BCUT2D eigenvalue weighted by molar-refractivity contribution is 5.28. The van der Waals surface area contributed by atoms with Gasteiger partial charge in [0.25, 0.3) is 0 Å². The molecule has 2 fully saturated rings. The molecule has 0 heterocycles. The summed E-state index contributed by atoms with van der Waals surface area (Å²) < 4.78 is 34.3. The van der Waals surface area contributed by atoms with Crippen LogP contribution in [0.4, 0.5) is 8.78 Å². The van der Waals surface area contributed by atoms with Crippen molar-refractivity contribution in [3.63, 3.8) is 0 Å². The first-order chi connectivity index (χ1) is 15.9. The SMILES string of the molecule is C=CC1CCC(c2ccc(C(F)(F)OCCc3ccc(C4CCC(C)CC4)cc3)cc2)CC1. The Balaban J connectivity index is 1.26. The van der Waals surface area contributed by atoms with Gasteiger partial charge in [-0.05, 0) is 85.3 Å². The van der Waals surface area contributed by atoms with Crippen molar-refractivity contribution in [2.24, 2.45) is 11.8 Å². The van der Waals surface area contributed by atoms with Crippen LogP contribution in [0, 0.1) is 11.8 Å². The topological polar surface area (TPSA) is 9.23 Å². The lowest BCUT2D eigenvalue weighted by molar-refractivity contribution is -0.248. The zero-order valence-electron chi connectivity index (χ0n) is 19.9. The van der Waals surface area contributed by atoms with Crippen LogP contribution in [0.2, 0.25) is 0 Å². The number of halogens is 2. The van der Waals surface area contributed by atoms with Crippen LogP contribution in [0.3, 0.4) is 0 Å². The van der Waals surface area contributed by atoms with Gasteiger partial charge in [-0.3, -0.25) is 0 Å². The van der Waals surface area contributed by atoms with Gasteiger partial charge in [-0.1, -0.05) is 74.4 Å². The van der Waals surface area contributed by atoms with Crippen molar-refractivity contribution in [3.8, 4) is 0 Å². The molecule has 178 valence electrons. The van der Waals surface area contributed by atoms with Crippen LogP contribution in [-0.2, 0) is 17.3 Å². The van der Waals surface area contributed by atoms with E-state index in [1.807, 2.05) is 18.2 Å². The highest BCUT2D eigenvalue weighted by atomic mass is 19.3. The molecule has 2 aliphatic rings. The molecule has 3 heteroatoms. The van der Waals surface area contributed by atoms with Gasteiger partial charge in [-0.2, -0.15) is 8.78 Å². The molecule has 0 N–H and O–H groups in total. The molecule has 2 saturated carbocycles. The number of benzene rings is 2. The Morgan fingerprint density at radius 1 is 0.818 bits per heavy atom. The Labute approximate surface area is 198 Å². The highest BCUT2D eigenvalue weighted by Crippen LogP contribution is 2.38. The smallest absolute Gasteiger partial charge is 0.316 e. The molecule has 2 aromatic rings. The second kappa shape index (κ2) is 11.0. The van der Waals surface area contributed by atoms with Crippen LogP contribution in [-0.4, -0.2) is 6.61 Å². The van der Waals surface area contributed by atoms with Gasteiger partial charge < -0.3 is 4.74 Å². The molecule has 0 unspecified atom stereocenters. The molecule has 1 nitrogen and oxygen atoms in total. The average molecular weight is 453 g/mol. The van der Waals surface area contributed by atoms with Gasteiger partial charge in [-0.25, -0.2) is 0 Å². The molecule has 4 rings (SSSR count). The summed E-state index contributed by atoms with van der Waals surface area (Å²) in [5.74, 6) is 2.55. The first-order valence-electron chi connectivity index (χ1n) is 12.8. The Hall–Kier alpha value is -2.00. The Kier molecular flexibility index (Phi) is 8.01. The van der Waals surface area contributed by atoms with Crippen molar-refractivity contribution in [2.75, 3.05) is 6.61 Å². The largest absolute Gasteiger partial charge is 0.383 e. The van der Waals surface area contributed by atoms with Crippen LogP contribution in [0.5, 0.6) is 0 Å². The van der Waals surface area contributed by atoms with Crippen LogP contribution in [0.25, 0.3) is 0 Å². The van der Waals surface area contributed by atoms with Crippen molar-refractivity contribution in [1.82, 2.24) is 0 Å². The zero-order valence-corrected chi connectivity index (χ0v) is 19.9. The maximum atomic E-state index is 14.6. The third-order valence-electron chi connectivity index (χ3n) is 7.96. The van der Waals surface area contributed by atoms with E-state index in [9.17, 15) is 8.78 Å². The molecule has 0 aliphatic heterocycles. The third kappa shape index (κ3) is 6.32. The normalized spacial score (nSPS) is 26.2. The molecule has 2 aromatic carbocycles. The van der Waals surface area contributed by atoms with E-state index < -0.39 is 6.11 Å². The molecular formula is C30H38F2O. The molecule has 0 amide bonds. The molecule has 0 atom stereocenters. The fraction of sp³-hybridized carbons (Fsp3) is 0.533. The summed E-state index contributed by atoms with van der Waals surface area (Å²) in [4.78, 5) is 0. The summed E-state index contributed by atoms with van der Waals surface area (Å²) >= 11 is 0. The number of hydrogen-bond acceptors (Lipinski definition) is 1. The lowest BCUT2D eigenvalue weighted by atomic mass is 9.79. The fourth-order valence-corrected chi connectivity index (χ4v) is 5.57. The summed E-state index contributed by atoms with van der Waals surface area (Å²) in [6.07, 6.45) is 8.84. The summed E-state index contributed by atoms with van der Waals surface area (Å²) in [5.41, 5.74) is 3.52. The van der Waals surface area contributed by atoms with E-state index in [4.69, 9.17) is 4.74 Å². The molecule has 0 aromatic heterocycles. The van der Waals surface area contributed by atoms with Crippen LogP contribution in [0.1, 0.15) is 92.4 Å². The van der Waals surface area contributed by atoms with Gasteiger partial charge in [0, 0.05) is 0 Å².